The fraction of sp³-hybridized carbons (Fsp3) is 0.714. The Morgan fingerprint density at radius 1 is 1.29 bits per heavy atom. The van der Waals surface area contributed by atoms with Crippen molar-refractivity contribution in [2.75, 3.05) is 28.7 Å². The van der Waals surface area contributed by atoms with Crippen LogP contribution >= 0.6 is 0 Å². The highest BCUT2D eigenvalue weighted by atomic mass is 32.2. The Balaban J connectivity index is 2.14. The van der Waals surface area contributed by atoms with Crippen molar-refractivity contribution >= 4 is 21.5 Å². The zero-order valence-electron chi connectivity index (χ0n) is 12.7. The van der Waals surface area contributed by atoms with E-state index in [4.69, 9.17) is 0 Å². The van der Waals surface area contributed by atoms with Gasteiger partial charge >= 0.3 is 0 Å². The molecule has 0 saturated carbocycles. The van der Waals surface area contributed by atoms with Gasteiger partial charge in [-0.05, 0) is 26.2 Å². The fourth-order valence-corrected chi connectivity index (χ4v) is 4.16. The zero-order chi connectivity index (χ0) is 15.3. The molecule has 7 heteroatoms. The average Bonchev–Trinajstić information content (AvgIpc) is 2.38. The summed E-state index contributed by atoms with van der Waals surface area (Å²) in [4.78, 5) is 8.94. The molecule has 1 aliphatic rings. The molecule has 2 N–H and O–H groups in total. The second-order valence-electron chi connectivity index (χ2n) is 5.43. The van der Waals surface area contributed by atoms with Gasteiger partial charge in [-0.15, -0.1) is 0 Å². The van der Waals surface area contributed by atoms with Crippen LogP contribution in [0.5, 0.6) is 0 Å². The third kappa shape index (κ3) is 4.84. The molecular weight excluding hydrogens is 288 g/mol. The summed E-state index contributed by atoms with van der Waals surface area (Å²) in [5.41, 5.74) is 0. The molecule has 0 aromatic carbocycles. The molecule has 2 rings (SSSR count). The topological polar surface area (TPSA) is 84.0 Å². The van der Waals surface area contributed by atoms with Crippen molar-refractivity contribution < 1.29 is 8.42 Å². The van der Waals surface area contributed by atoms with Gasteiger partial charge in [-0.25, -0.2) is 18.4 Å². The van der Waals surface area contributed by atoms with E-state index in [-0.39, 0.29) is 11.8 Å². The standard InChI is InChI=1S/C14H24N4O2S/c1-3-6-12-17-13(15-4-2)9-14(18-12)16-11-7-5-8-21(19,20)10-11/h9,11H,3-8,10H2,1-2H3,(H2,15,16,17,18). The van der Waals surface area contributed by atoms with Crippen LogP contribution < -0.4 is 10.6 Å². The summed E-state index contributed by atoms with van der Waals surface area (Å²) >= 11 is 0. The van der Waals surface area contributed by atoms with Crippen molar-refractivity contribution in [1.82, 2.24) is 9.97 Å². The Labute approximate surface area is 126 Å². The molecule has 1 unspecified atom stereocenters. The van der Waals surface area contributed by atoms with E-state index < -0.39 is 9.84 Å². The highest BCUT2D eigenvalue weighted by Crippen LogP contribution is 2.18. The molecule has 1 aromatic heterocycles. The van der Waals surface area contributed by atoms with Gasteiger partial charge in [-0.3, -0.25) is 0 Å². The van der Waals surface area contributed by atoms with Crippen LogP contribution in [0.3, 0.4) is 0 Å². The van der Waals surface area contributed by atoms with Gasteiger partial charge in [0.25, 0.3) is 0 Å². The van der Waals surface area contributed by atoms with E-state index in [0.717, 1.165) is 37.4 Å². The second kappa shape index (κ2) is 7.06. The Hall–Kier alpha value is -1.37. The third-order valence-electron chi connectivity index (χ3n) is 3.42. The Bertz CT molecular complexity index is 550. The van der Waals surface area contributed by atoms with Crippen LogP contribution in [0, 0.1) is 0 Å². The second-order valence-corrected chi connectivity index (χ2v) is 7.66. The molecule has 0 bridgehead atoms. The molecule has 1 atom stereocenters. The summed E-state index contributed by atoms with van der Waals surface area (Å²) in [6.07, 6.45) is 3.37. The number of aromatic nitrogens is 2. The minimum atomic E-state index is -2.91. The van der Waals surface area contributed by atoms with Gasteiger partial charge in [0.15, 0.2) is 9.84 Å². The molecule has 118 valence electrons. The maximum absolute atomic E-state index is 11.7. The van der Waals surface area contributed by atoms with Gasteiger partial charge < -0.3 is 10.6 Å². The highest BCUT2D eigenvalue weighted by Gasteiger charge is 2.25. The quantitative estimate of drug-likeness (QED) is 0.834. The first-order valence-electron chi connectivity index (χ1n) is 7.61. The van der Waals surface area contributed by atoms with E-state index in [1.165, 1.54) is 0 Å². The van der Waals surface area contributed by atoms with Crippen molar-refractivity contribution in [3.05, 3.63) is 11.9 Å². The lowest BCUT2D eigenvalue weighted by Gasteiger charge is -2.23. The van der Waals surface area contributed by atoms with Gasteiger partial charge in [-0.2, -0.15) is 0 Å². The largest absolute Gasteiger partial charge is 0.370 e. The Kier molecular flexibility index (Phi) is 5.39. The molecule has 21 heavy (non-hydrogen) atoms. The maximum atomic E-state index is 11.7. The average molecular weight is 312 g/mol. The number of aryl methyl sites for hydroxylation is 1. The first kappa shape index (κ1) is 16.0. The number of nitrogens with zero attached hydrogens (tertiary/aromatic N) is 2. The number of sulfone groups is 1. The van der Waals surface area contributed by atoms with Crippen molar-refractivity contribution in [2.45, 2.75) is 45.6 Å². The molecule has 1 saturated heterocycles. The maximum Gasteiger partial charge on any atom is 0.152 e. The predicted octanol–water partition coefficient (Wildman–Crippen LogP) is 1.85. The van der Waals surface area contributed by atoms with Crippen LogP contribution in [-0.4, -0.2) is 42.5 Å². The van der Waals surface area contributed by atoms with E-state index in [2.05, 4.69) is 27.5 Å². The van der Waals surface area contributed by atoms with Gasteiger partial charge in [0.2, 0.25) is 0 Å². The van der Waals surface area contributed by atoms with E-state index in [1.54, 1.807) is 0 Å². The molecule has 0 spiro atoms. The van der Waals surface area contributed by atoms with E-state index in [1.807, 2.05) is 13.0 Å². The summed E-state index contributed by atoms with van der Waals surface area (Å²) in [5, 5.41) is 6.45. The summed E-state index contributed by atoms with van der Waals surface area (Å²) in [5.74, 6) is 2.79. The minimum absolute atomic E-state index is 0.0531. The SMILES string of the molecule is CCCc1nc(NCC)cc(NC2CCCS(=O)(=O)C2)n1. The van der Waals surface area contributed by atoms with Crippen molar-refractivity contribution in [3.63, 3.8) is 0 Å². The summed E-state index contributed by atoms with van der Waals surface area (Å²) in [6.45, 7) is 4.90. The summed E-state index contributed by atoms with van der Waals surface area (Å²) in [7, 11) is -2.91. The molecule has 1 aromatic rings. The molecule has 1 aliphatic heterocycles. The zero-order valence-corrected chi connectivity index (χ0v) is 13.5. The first-order valence-corrected chi connectivity index (χ1v) is 9.43. The van der Waals surface area contributed by atoms with E-state index in [0.29, 0.717) is 18.0 Å². The van der Waals surface area contributed by atoms with Crippen LogP contribution in [-0.2, 0) is 16.3 Å². The first-order chi connectivity index (χ1) is 10.0. The van der Waals surface area contributed by atoms with Crippen LogP contribution in [0.25, 0.3) is 0 Å². The number of hydrogen-bond acceptors (Lipinski definition) is 6. The van der Waals surface area contributed by atoms with Gasteiger partial charge in [-0.1, -0.05) is 6.92 Å². The molecule has 0 aliphatic carbocycles. The Morgan fingerprint density at radius 3 is 2.71 bits per heavy atom. The molecule has 2 heterocycles. The third-order valence-corrected chi connectivity index (χ3v) is 5.24. The Morgan fingerprint density at radius 2 is 2.05 bits per heavy atom. The van der Waals surface area contributed by atoms with Gasteiger partial charge in [0.05, 0.1) is 11.5 Å². The molecule has 0 amide bonds. The van der Waals surface area contributed by atoms with Crippen molar-refractivity contribution in [3.8, 4) is 0 Å². The number of rotatable bonds is 6. The summed E-state index contributed by atoms with van der Waals surface area (Å²) < 4.78 is 23.4. The fourth-order valence-electron chi connectivity index (χ4n) is 2.52. The minimum Gasteiger partial charge on any atom is -0.370 e. The number of hydrogen-bond donors (Lipinski definition) is 2. The molecule has 1 fully saturated rings. The molecular formula is C14H24N4O2S. The van der Waals surface area contributed by atoms with E-state index >= 15 is 0 Å². The van der Waals surface area contributed by atoms with Crippen LogP contribution in [0.15, 0.2) is 6.07 Å². The number of anilines is 2. The monoisotopic (exact) mass is 312 g/mol. The predicted molar refractivity (Wildman–Crippen MR) is 85.5 cm³/mol. The van der Waals surface area contributed by atoms with Gasteiger partial charge in [0, 0.05) is 25.1 Å². The summed E-state index contributed by atoms with van der Waals surface area (Å²) in [6, 6.07) is 1.80. The van der Waals surface area contributed by atoms with Crippen LogP contribution in [0.1, 0.15) is 38.9 Å². The lowest BCUT2D eigenvalue weighted by Crippen LogP contribution is -2.35. The lowest BCUT2D eigenvalue weighted by atomic mass is 10.2. The smallest absolute Gasteiger partial charge is 0.152 e. The molecule has 6 nitrogen and oxygen atoms in total. The highest BCUT2D eigenvalue weighted by molar-refractivity contribution is 7.91. The van der Waals surface area contributed by atoms with Gasteiger partial charge in [0.1, 0.15) is 17.5 Å². The van der Waals surface area contributed by atoms with E-state index in [9.17, 15) is 8.42 Å². The van der Waals surface area contributed by atoms with Crippen LogP contribution in [0.4, 0.5) is 11.6 Å². The molecule has 0 radical (unpaired) electrons. The van der Waals surface area contributed by atoms with Crippen molar-refractivity contribution in [2.24, 2.45) is 0 Å². The normalized spacial score (nSPS) is 21.0. The van der Waals surface area contributed by atoms with Crippen molar-refractivity contribution in [1.29, 1.82) is 0 Å². The lowest BCUT2D eigenvalue weighted by molar-refractivity contribution is 0.561. The van der Waals surface area contributed by atoms with Crippen LogP contribution in [0.2, 0.25) is 0 Å². The number of nitrogens with one attached hydrogen (secondary N) is 2.